The zero-order valence-electron chi connectivity index (χ0n) is 15.4. The smallest absolute Gasteiger partial charge is 0.294 e. The topological polar surface area (TPSA) is 42.3 Å². The molecule has 0 fully saturated rings. The number of hydrogen-bond acceptors (Lipinski definition) is 4. The van der Waals surface area contributed by atoms with Crippen molar-refractivity contribution in [3.8, 4) is 16.8 Å². The van der Waals surface area contributed by atoms with Gasteiger partial charge in [0.25, 0.3) is 11.7 Å². The van der Waals surface area contributed by atoms with Crippen molar-refractivity contribution in [3.63, 3.8) is 0 Å². The van der Waals surface area contributed by atoms with E-state index in [0.29, 0.717) is 20.9 Å². The van der Waals surface area contributed by atoms with Crippen LogP contribution in [-0.4, -0.2) is 15.6 Å². The molecule has 0 unspecified atom stereocenters. The van der Waals surface area contributed by atoms with Crippen LogP contribution >= 0.6 is 35.4 Å². The monoisotopic (exact) mass is 426 g/mol. The van der Waals surface area contributed by atoms with Crippen LogP contribution < -0.4 is 4.90 Å². The fourth-order valence-electron chi connectivity index (χ4n) is 4.14. The molecule has 0 aliphatic carbocycles. The Kier molecular flexibility index (Phi) is 3.58. The van der Waals surface area contributed by atoms with Crippen LogP contribution in [0.25, 0.3) is 16.8 Å². The summed E-state index contributed by atoms with van der Waals surface area (Å²) in [6.45, 7) is 5.80. The maximum absolute atomic E-state index is 12.9. The first-order chi connectivity index (χ1) is 13.2. The minimum Gasteiger partial charge on any atom is -0.294 e. The Morgan fingerprint density at radius 2 is 1.71 bits per heavy atom. The Bertz CT molecular complexity index is 1270. The maximum atomic E-state index is 12.9. The number of carbonyl (C=O) groups is 2. The Hall–Kier alpha value is -2.28. The van der Waals surface area contributed by atoms with Crippen molar-refractivity contribution in [2.45, 2.75) is 26.3 Å². The van der Waals surface area contributed by atoms with Crippen LogP contribution in [0.2, 0.25) is 5.02 Å². The number of carbonyl (C=O) groups excluding carboxylic acids is 2. The fraction of sp³-hybridized carbons (Fsp3) is 0.190. The average Bonchev–Trinajstić information content (AvgIpc) is 3.13. The summed E-state index contributed by atoms with van der Waals surface area (Å²) in [5.74, 6) is -0.910. The van der Waals surface area contributed by atoms with Crippen LogP contribution in [0.5, 0.6) is 0 Å². The first-order valence-electron chi connectivity index (χ1n) is 8.79. The van der Waals surface area contributed by atoms with Gasteiger partial charge in [0, 0.05) is 16.1 Å². The van der Waals surface area contributed by atoms with E-state index in [9.17, 15) is 9.59 Å². The molecule has 3 aromatic rings. The standard InChI is InChI=1S/C21H15ClN2O2S2/c1-10-4-9-13-15-18(21(2,3)23-16(13)14(10)17(25)19(23)26)28-24(20(15)27)12-7-5-11(22)6-8-12/h4-9H,1-3H3. The van der Waals surface area contributed by atoms with Gasteiger partial charge in [-0.3, -0.25) is 18.4 Å². The Morgan fingerprint density at radius 3 is 2.39 bits per heavy atom. The van der Waals surface area contributed by atoms with Crippen molar-refractivity contribution < 1.29 is 9.59 Å². The minimum atomic E-state index is -0.677. The van der Waals surface area contributed by atoms with Gasteiger partial charge in [-0.15, -0.1) is 0 Å². The third-order valence-electron chi connectivity index (χ3n) is 5.49. The highest BCUT2D eigenvalue weighted by molar-refractivity contribution is 7.71. The number of halogens is 1. The second-order valence-corrected chi connectivity index (χ2v) is 9.33. The molecule has 0 N–H and O–H groups in total. The lowest BCUT2D eigenvalue weighted by atomic mass is 9.87. The fourth-order valence-corrected chi connectivity index (χ4v) is 5.95. The van der Waals surface area contributed by atoms with E-state index in [-0.39, 0.29) is 0 Å². The molecule has 140 valence electrons. The molecule has 5 rings (SSSR count). The molecule has 0 spiro atoms. The molecular formula is C21H15ClN2O2S2. The van der Waals surface area contributed by atoms with E-state index in [1.54, 1.807) is 4.90 Å². The number of hydrogen-bond donors (Lipinski definition) is 0. The molecule has 2 aliphatic rings. The highest BCUT2D eigenvalue weighted by Gasteiger charge is 2.51. The lowest BCUT2D eigenvalue weighted by molar-refractivity contribution is -0.115. The van der Waals surface area contributed by atoms with Gasteiger partial charge in [0.15, 0.2) is 0 Å². The number of ketones is 1. The summed E-state index contributed by atoms with van der Waals surface area (Å²) in [5.41, 5.74) is 4.02. The number of anilines is 1. The van der Waals surface area contributed by atoms with E-state index in [1.165, 1.54) is 11.5 Å². The van der Waals surface area contributed by atoms with E-state index < -0.39 is 17.2 Å². The summed E-state index contributed by atoms with van der Waals surface area (Å²) in [7, 11) is 0. The summed E-state index contributed by atoms with van der Waals surface area (Å²) < 4.78 is 2.66. The zero-order valence-corrected chi connectivity index (χ0v) is 17.8. The van der Waals surface area contributed by atoms with Gasteiger partial charge in [-0.1, -0.05) is 47.5 Å². The maximum Gasteiger partial charge on any atom is 0.300 e. The van der Waals surface area contributed by atoms with E-state index in [1.807, 2.05) is 61.1 Å². The van der Waals surface area contributed by atoms with Crippen molar-refractivity contribution in [1.82, 2.24) is 3.96 Å². The molecule has 4 nitrogen and oxygen atoms in total. The molecule has 1 aromatic heterocycles. The average molecular weight is 427 g/mol. The van der Waals surface area contributed by atoms with E-state index >= 15 is 0 Å². The highest BCUT2D eigenvalue weighted by Crippen LogP contribution is 2.55. The predicted octanol–water partition coefficient (Wildman–Crippen LogP) is 5.68. The lowest BCUT2D eigenvalue weighted by Gasteiger charge is -2.39. The molecule has 7 heteroatoms. The molecular weight excluding hydrogens is 412 g/mol. The molecule has 0 radical (unpaired) electrons. The first kappa shape index (κ1) is 17.8. The van der Waals surface area contributed by atoms with Crippen LogP contribution in [0.1, 0.15) is 34.6 Å². The molecule has 0 saturated carbocycles. The molecule has 2 aliphatic heterocycles. The van der Waals surface area contributed by atoms with Crippen LogP contribution in [-0.2, 0) is 10.3 Å². The molecule has 1 amide bonds. The Morgan fingerprint density at radius 1 is 1.04 bits per heavy atom. The number of benzene rings is 2. The minimum absolute atomic E-state index is 0.436. The van der Waals surface area contributed by atoms with E-state index in [2.05, 4.69) is 0 Å². The van der Waals surface area contributed by atoms with Gasteiger partial charge >= 0.3 is 0 Å². The van der Waals surface area contributed by atoms with Crippen molar-refractivity contribution in [1.29, 1.82) is 0 Å². The Balaban J connectivity index is 1.87. The Labute approximate surface area is 176 Å². The second-order valence-electron chi connectivity index (χ2n) is 7.55. The van der Waals surface area contributed by atoms with Gasteiger partial charge in [0.2, 0.25) is 0 Å². The zero-order chi connectivity index (χ0) is 20.0. The number of nitrogens with zero attached hydrogens (tertiary/aromatic N) is 2. The number of aryl methyl sites for hydroxylation is 1. The van der Waals surface area contributed by atoms with Crippen LogP contribution in [0.3, 0.4) is 0 Å². The lowest BCUT2D eigenvalue weighted by Crippen LogP contribution is -2.46. The van der Waals surface area contributed by atoms with Crippen LogP contribution in [0, 0.1) is 11.6 Å². The number of Topliss-reactive ketones (excluding diaryl/α,β-unsaturated/α-hetero) is 1. The van der Waals surface area contributed by atoms with Crippen LogP contribution in [0.4, 0.5) is 5.69 Å². The van der Waals surface area contributed by atoms with Gasteiger partial charge in [-0.05, 0) is 50.6 Å². The quantitative estimate of drug-likeness (QED) is 0.371. The van der Waals surface area contributed by atoms with E-state index in [0.717, 1.165) is 27.3 Å². The number of aromatic nitrogens is 1. The molecule has 2 aromatic carbocycles. The van der Waals surface area contributed by atoms with Crippen molar-refractivity contribution in [2.75, 3.05) is 4.90 Å². The van der Waals surface area contributed by atoms with Crippen molar-refractivity contribution >= 4 is 52.7 Å². The van der Waals surface area contributed by atoms with Gasteiger partial charge in [-0.25, -0.2) is 0 Å². The molecule has 0 saturated heterocycles. The van der Waals surface area contributed by atoms with E-state index in [4.69, 9.17) is 23.8 Å². The first-order valence-corrected chi connectivity index (χ1v) is 10.3. The summed E-state index contributed by atoms with van der Waals surface area (Å²) in [6.07, 6.45) is 0. The molecule has 0 bridgehead atoms. The SMILES string of the molecule is Cc1ccc2c3c1C(=O)C(=O)N3C(C)(C)c1sn(-c3ccc(Cl)cc3)c(=S)c1-2. The largest absolute Gasteiger partial charge is 0.300 e. The summed E-state index contributed by atoms with van der Waals surface area (Å²) in [6, 6.07) is 11.4. The van der Waals surface area contributed by atoms with Crippen molar-refractivity contribution in [3.05, 3.63) is 62.1 Å². The van der Waals surface area contributed by atoms with Crippen LogP contribution in [0.15, 0.2) is 36.4 Å². The van der Waals surface area contributed by atoms with Gasteiger partial charge in [0.1, 0.15) is 4.64 Å². The molecule has 28 heavy (non-hydrogen) atoms. The molecule has 3 heterocycles. The second kappa shape index (κ2) is 5.63. The summed E-state index contributed by atoms with van der Waals surface area (Å²) in [4.78, 5) is 28.2. The third kappa shape index (κ3) is 2.08. The summed E-state index contributed by atoms with van der Waals surface area (Å²) >= 11 is 13.4. The highest BCUT2D eigenvalue weighted by atomic mass is 35.5. The number of amides is 1. The predicted molar refractivity (Wildman–Crippen MR) is 115 cm³/mol. The summed E-state index contributed by atoms with van der Waals surface area (Å²) in [5, 5.41) is 0.659. The normalized spacial score (nSPS) is 16.4. The molecule has 0 atom stereocenters. The van der Waals surface area contributed by atoms with Gasteiger partial charge in [-0.2, -0.15) is 0 Å². The number of fused-ring (bicyclic) bond motifs is 2. The van der Waals surface area contributed by atoms with Gasteiger partial charge < -0.3 is 0 Å². The van der Waals surface area contributed by atoms with Gasteiger partial charge in [0.05, 0.1) is 27.4 Å². The third-order valence-corrected chi connectivity index (χ3v) is 7.70. The van der Waals surface area contributed by atoms with Crippen molar-refractivity contribution in [2.24, 2.45) is 0 Å². The number of rotatable bonds is 1.